The lowest BCUT2D eigenvalue weighted by atomic mass is 9.96. The van der Waals surface area contributed by atoms with E-state index in [1.165, 1.54) is 0 Å². The van der Waals surface area contributed by atoms with Crippen molar-refractivity contribution >= 4 is 45.0 Å². The first kappa shape index (κ1) is 31.0. The maximum atomic E-state index is 13.0. The zero-order chi connectivity index (χ0) is 29.7. The minimum atomic E-state index is -4.49. The Kier molecular flexibility index (Phi) is 10.1. The number of alkyl halides is 3. The Bertz CT molecular complexity index is 1530. The molecule has 0 spiro atoms. The molecule has 0 aliphatic heterocycles. The lowest BCUT2D eigenvalue weighted by Crippen LogP contribution is -2.26. The van der Waals surface area contributed by atoms with Gasteiger partial charge in [-0.05, 0) is 67.2 Å². The van der Waals surface area contributed by atoms with E-state index in [0.29, 0.717) is 51.2 Å². The monoisotopic (exact) mass is 665 g/mol. The molecule has 0 saturated heterocycles. The summed E-state index contributed by atoms with van der Waals surface area (Å²) in [4.78, 5) is 19.8. The summed E-state index contributed by atoms with van der Waals surface area (Å²) in [6.45, 7) is 0.768. The third kappa shape index (κ3) is 7.87. The van der Waals surface area contributed by atoms with Crippen LogP contribution in [0.5, 0.6) is 0 Å². The standard InChI is InChI=1S/C30H25BrCl2F3N3O2/c1-39(12-13-40)17-27-20(16-37-29(41)19-2-6-21(7-3-19)30(34,35)36)14-25(24-11-10-23(32)15-26(24)33)28(38-27)18-4-8-22(31)9-5-18/h2-11,14-15,40H,12-13,16-17H2,1H3,(H,37,41). The van der Waals surface area contributed by atoms with Gasteiger partial charge in [-0.2, -0.15) is 13.2 Å². The number of carbonyl (C=O) groups excluding carboxylic acids is 1. The molecule has 0 atom stereocenters. The number of aromatic nitrogens is 1. The molecule has 0 aliphatic rings. The zero-order valence-electron chi connectivity index (χ0n) is 21.8. The maximum Gasteiger partial charge on any atom is 0.416 e. The molecule has 0 radical (unpaired) electrons. The summed E-state index contributed by atoms with van der Waals surface area (Å²) in [5, 5.41) is 13.1. The number of aliphatic hydroxyl groups excluding tert-OH is 1. The van der Waals surface area contributed by atoms with Gasteiger partial charge in [0.15, 0.2) is 0 Å². The Morgan fingerprint density at radius 1 is 1.00 bits per heavy atom. The summed E-state index contributed by atoms with van der Waals surface area (Å²) in [5.41, 5.74) is 3.48. The highest BCUT2D eigenvalue weighted by Crippen LogP contribution is 2.38. The molecular weight excluding hydrogens is 642 g/mol. The lowest BCUT2D eigenvalue weighted by molar-refractivity contribution is -0.137. The van der Waals surface area contributed by atoms with Crippen LogP contribution in [0.2, 0.25) is 10.0 Å². The summed E-state index contributed by atoms with van der Waals surface area (Å²) in [5.74, 6) is -0.531. The van der Waals surface area contributed by atoms with Gasteiger partial charge in [0.1, 0.15) is 0 Å². The van der Waals surface area contributed by atoms with Crippen molar-refractivity contribution in [2.45, 2.75) is 19.3 Å². The molecule has 0 aliphatic carbocycles. The molecule has 2 N–H and O–H groups in total. The number of halogens is 6. The van der Waals surface area contributed by atoms with Gasteiger partial charge in [-0.1, -0.05) is 57.3 Å². The van der Waals surface area contributed by atoms with Crippen molar-refractivity contribution in [2.24, 2.45) is 0 Å². The van der Waals surface area contributed by atoms with Crippen LogP contribution in [0.15, 0.2) is 77.3 Å². The number of carbonyl (C=O) groups is 1. The highest BCUT2D eigenvalue weighted by molar-refractivity contribution is 9.10. The van der Waals surface area contributed by atoms with Gasteiger partial charge in [-0.25, -0.2) is 0 Å². The largest absolute Gasteiger partial charge is 0.416 e. The van der Waals surface area contributed by atoms with Gasteiger partial charge < -0.3 is 10.4 Å². The SMILES string of the molecule is CN(CCO)Cc1nc(-c2ccc(Br)cc2)c(-c2ccc(Cl)cc2Cl)cc1CNC(=O)c1ccc(C(F)(F)F)cc1. The fourth-order valence-electron chi connectivity index (χ4n) is 4.22. The first-order valence-corrected chi connectivity index (χ1v) is 14.0. The summed E-state index contributed by atoms with van der Waals surface area (Å²) in [7, 11) is 1.84. The number of likely N-dealkylation sites (N-methyl/N-ethyl adjacent to an activating group) is 1. The van der Waals surface area contributed by atoms with Gasteiger partial charge in [0.05, 0.1) is 23.6 Å². The lowest BCUT2D eigenvalue weighted by Gasteiger charge is -2.21. The molecule has 0 unspecified atom stereocenters. The minimum absolute atomic E-state index is 0.0471. The fourth-order valence-corrected chi connectivity index (χ4v) is 4.99. The number of benzene rings is 3. The Morgan fingerprint density at radius 2 is 1.68 bits per heavy atom. The number of pyridine rings is 1. The molecular formula is C30H25BrCl2F3N3O2. The predicted octanol–water partition coefficient (Wildman–Crippen LogP) is 7.86. The minimum Gasteiger partial charge on any atom is -0.395 e. The van der Waals surface area contributed by atoms with Gasteiger partial charge >= 0.3 is 6.18 Å². The Balaban J connectivity index is 1.77. The van der Waals surface area contributed by atoms with Crippen molar-refractivity contribution in [3.8, 4) is 22.4 Å². The van der Waals surface area contributed by atoms with Crippen LogP contribution in [-0.2, 0) is 19.3 Å². The Labute approximate surface area is 254 Å². The van der Waals surface area contributed by atoms with Crippen LogP contribution in [0.4, 0.5) is 13.2 Å². The van der Waals surface area contributed by atoms with Crippen molar-refractivity contribution in [2.75, 3.05) is 20.2 Å². The second-order valence-electron chi connectivity index (χ2n) is 9.34. The van der Waals surface area contributed by atoms with Gasteiger partial charge in [-0.3, -0.25) is 14.7 Å². The average molecular weight is 667 g/mol. The quantitative estimate of drug-likeness (QED) is 0.191. The maximum absolute atomic E-state index is 13.0. The molecule has 4 aromatic rings. The molecule has 4 rings (SSSR count). The van der Waals surface area contributed by atoms with E-state index in [4.69, 9.17) is 28.2 Å². The van der Waals surface area contributed by atoms with E-state index in [9.17, 15) is 23.1 Å². The van der Waals surface area contributed by atoms with E-state index in [0.717, 1.165) is 34.3 Å². The second-order valence-corrected chi connectivity index (χ2v) is 11.1. The van der Waals surface area contributed by atoms with Gasteiger partial charge in [0.2, 0.25) is 0 Å². The number of rotatable bonds is 9. The summed E-state index contributed by atoms with van der Waals surface area (Å²) in [6.07, 6.45) is -4.49. The van der Waals surface area contributed by atoms with E-state index in [2.05, 4.69) is 21.2 Å². The van der Waals surface area contributed by atoms with E-state index >= 15 is 0 Å². The van der Waals surface area contributed by atoms with Crippen LogP contribution >= 0.6 is 39.1 Å². The number of aliphatic hydroxyl groups is 1. The van der Waals surface area contributed by atoms with Crippen LogP contribution < -0.4 is 5.32 Å². The molecule has 41 heavy (non-hydrogen) atoms. The van der Waals surface area contributed by atoms with Crippen molar-refractivity contribution in [1.82, 2.24) is 15.2 Å². The van der Waals surface area contributed by atoms with Crippen LogP contribution in [0, 0.1) is 0 Å². The third-order valence-electron chi connectivity index (χ3n) is 6.35. The van der Waals surface area contributed by atoms with Crippen LogP contribution in [0.3, 0.4) is 0 Å². The van der Waals surface area contributed by atoms with E-state index in [1.807, 2.05) is 42.3 Å². The summed E-state index contributed by atoms with van der Waals surface area (Å²) < 4.78 is 39.8. The molecule has 11 heteroatoms. The van der Waals surface area contributed by atoms with Gasteiger partial charge in [-0.15, -0.1) is 0 Å². The molecule has 0 saturated carbocycles. The van der Waals surface area contributed by atoms with Crippen molar-refractivity contribution in [3.05, 3.63) is 110 Å². The van der Waals surface area contributed by atoms with Crippen molar-refractivity contribution < 1.29 is 23.1 Å². The Morgan fingerprint density at radius 3 is 2.29 bits per heavy atom. The van der Waals surface area contributed by atoms with Crippen molar-refractivity contribution in [3.63, 3.8) is 0 Å². The van der Waals surface area contributed by atoms with E-state index in [1.54, 1.807) is 18.2 Å². The smallest absolute Gasteiger partial charge is 0.395 e. The molecule has 1 heterocycles. The summed E-state index contributed by atoms with van der Waals surface area (Å²) >= 11 is 16.2. The molecule has 214 valence electrons. The molecule has 5 nitrogen and oxygen atoms in total. The Hall–Kier alpha value is -2.95. The molecule has 3 aromatic carbocycles. The number of hydrogen-bond donors (Lipinski definition) is 2. The van der Waals surface area contributed by atoms with Gasteiger partial charge in [0.25, 0.3) is 5.91 Å². The average Bonchev–Trinajstić information content (AvgIpc) is 2.92. The van der Waals surface area contributed by atoms with E-state index < -0.39 is 17.6 Å². The number of amides is 1. The number of nitrogens with zero attached hydrogens (tertiary/aromatic N) is 2. The third-order valence-corrected chi connectivity index (χ3v) is 7.42. The normalized spacial score (nSPS) is 11.6. The van der Waals surface area contributed by atoms with Gasteiger partial charge in [0, 0.05) is 56.4 Å². The molecule has 0 bridgehead atoms. The zero-order valence-corrected chi connectivity index (χ0v) is 24.9. The van der Waals surface area contributed by atoms with Crippen LogP contribution in [0.1, 0.15) is 27.2 Å². The van der Waals surface area contributed by atoms with Crippen LogP contribution in [-0.4, -0.2) is 41.1 Å². The molecule has 0 fully saturated rings. The van der Waals surface area contributed by atoms with Crippen molar-refractivity contribution in [1.29, 1.82) is 0 Å². The molecule has 1 aromatic heterocycles. The predicted molar refractivity (Wildman–Crippen MR) is 159 cm³/mol. The fraction of sp³-hybridized carbons (Fsp3) is 0.200. The summed E-state index contributed by atoms with van der Waals surface area (Å²) in [6, 6.07) is 18.7. The number of nitrogens with one attached hydrogen (secondary N) is 1. The topological polar surface area (TPSA) is 65.5 Å². The van der Waals surface area contributed by atoms with Crippen LogP contribution in [0.25, 0.3) is 22.4 Å². The number of hydrogen-bond acceptors (Lipinski definition) is 4. The highest BCUT2D eigenvalue weighted by Gasteiger charge is 2.30. The highest BCUT2D eigenvalue weighted by atomic mass is 79.9. The van der Waals surface area contributed by atoms with E-state index in [-0.39, 0.29) is 18.7 Å². The first-order chi connectivity index (χ1) is 19.5. The molecule has 1 amide bonds. The first-order valence-electron chi connectivity index (χ1n) is 12.4. The second kappa shape index (κ2) is 13.4.